The SMILES string of the molecule is COc1cc2c(c(O)c1OC)OC[C@@H]1c3cc(O)c(OC)c(OC)c3O[C@H]21. The molecule has 2 aliphatic rings. The highest BCUT2D eigenvalue weighted by atomic mass is 16.6. The Hall–Kier alpha value is -3.16. The first kappa shape index (κ1) is 17.3. The third-order valence-electron chi connectivity index (χ3n) is 4.96. The molecule has 2 heterocycles. The molecule has 0 saturated heterocycles. The Morgan fingerprint density at radius 2 is 1.56 bits per heavy atom. The van der Waals surface area contributed by atoms with Gasteiger partial charge in [-0.25, -0.2) is 0 Å². The summed E-state index contributed by atoms with van der Waals surface area (Å²) < 4.78 is 33.2. The largest absolute Gasteiger partial charge is 0.504 e. The van der Waals surface area contributed by atoms with Crippen molar-refractivity contribution in [2.24, 2.45) is 0 Å². The Labute approximate surface area is 155 Å². The van der Waals surface area contributed by atoms with E-state index in [0.717, 1.165) is 5.56 Å². The van der Waals surface area contributed by atoms with Crippen LogP contribution >= 0.6 is 0 Å². The predicted molar refractivity (Wildman–Crippen MR) is 94.0 cm³/mol. The number of hydrogen-bond acceptors (Lipinski definition) is 8. The molecule has 0 amide bonds. The summed E-state index contributed by atoms with van der Waals surface area (Å²) in [6.45, 7) is 0.253. The van der Waals surface area contributed by atoms with Gasteiger partial charge in [0, 0.05) is 11.1 Å². The fraction of sp³-hybridized carbons (Fsp3) is 0.368. The van der Waals surface area contributed by atoms with Crippen LogP contribution in [0.5, 0.6) is 46.0 Å². The molecule has 0 aromatic heterocycles. The lowest BCUT2D eigenvalue weighted by Gasteiger charge is -2.29. The van der Waals surface area contributed by atoms with Crippen LogP contribution in [0.2, 0.25) is 0 Å². The quantitative estimate of drug-likeness (QED) is 0.841. The number of phenolic OH excluding ortho intramolecular Hbond substituents is 2. The molecule has 2 atom stereocenters. The Morgan fingerprint density at radius 1 is 0.852 bits per heavy atom. The summed E-state index contributed by atoms with van der Waals surface area (Å²) in [6, 6.07) is 3.32. The van der Waals surface area contributed by atoms with Crippen molar-refractivity contribution in [3.05, 3.63) is 23.3 Å². The van der Waals surface area contributed by atoms with Crippen LogP contribution in [0.25, 0.3) is 0 Å². The van der Waals surface area contributed by atoms with E-state index in [2.05, 4.69) is 0 Å². The second-order valence-corrected chi connectivity index (χ2v) is 6.22. The van der Waals surface area contributed by atoms with Crippen molar-refractivity contribution in [1.82, 2.24) is 0 Å². The van der Waals surface area contributed by atoms with Crippen molar-refractivity contribution >= 4 is 0 Å². The third kappa shape index (κ3) is 2.29. The number of hydrogen-bond donors (Lipinski definition) is 2. The normalized spacial score (nSPS) is 19.1. The summed E-state index contributed by atoms with van der Waals surface area (Å²) in [5.74, 6) is 1.46. The maximum Gasteiger partial charge on any atom is 0.207 e. The van der Waals surface area contributed by atoms with Crippen LogP contribution < -0.4 is 28.4 Å². The zero-order valence-corrected chi connectivity index (χ0v) is 15.4. The average molecular weight is 376 g/mol. The van der Waals surface area contributed by atoms with E-state index in [1.807, 2.05) is 0 Å². The van der Waals surface area contributed by atoms with Gasteiger partial charge in [0.15, 0.2) is 23.0 Å². The Bertz CT molecular complexity index is 908. The molecule has 0 fully saturated rings. The van der Waals surface area contributed by atoms with Crippen molar-refractivity contribution in [2.45, 2.75) is 12.0 Å². The van der Waals surface area contributed by atoms with Gasteiger partial charge in [0.05, 0.1) is 41.0 Å². The van der Waals surface area contributed by atoms with Gasteiger partial charge in [-0.1, -0.05) is 0 Å². The Balaban J connectivity index is 1.87. The Morgan fingerprint density at radius 3 is 2.19 bits per heavy atom. The molecule has 144 valence electrons. The summed E-state index contributed by atoms with van der Waals surface area (Å²) in [5.41, 5.74) is 1.37. The fourth-order valence-electron chi connectivity index (χ4n) is 3.75. The van der Waals surface area contributed by atoms with Crippen molar-refractivity contribution in [2.75, 3.05) is 35.0 Å². The minimum atomic E-state index is -0.449. The zero-order chi connectivity index (χ0) is 19.3. The second-order valence-electron chi connectivity index (χ2n) is 6.22. The highest BCUT2D eigenvalue weighted by Crippen LogP contribution is 2.61. The van der Waals surface area contributed by atoms with Gasteiger partial charge in [-0.2, -0.15) is 0 Å². The molecule has 2 N–H and O–H groups in total. The first-order valence-electron chi connectivity index (χ1n) is 8.30. The summed E-state index contributed by atoms with van der Waals surface area (Å²) in [6.07, 6.45) is -0.449. The number of ether oxygens (including phenoxy) is 6. The minimum absolute atomic E-state index is 0.0432. The number of aromatic hydroxyl groups is 2. The lowest BCUT2D eigenvalue weighted by molar-refractivity contribution is 0.132. The van der Waals surface area contributed by atoms with Gasteiger partial charge in [-0.3, -0.25) is 0 Å². The predicted octanol–water partition coefficient (Wildman–Crippen LogP) is 2.74. The van der Waals surface area contributed by atoms with Gasteiger partial charge >= 0.3 is 0 Å². The van der Waals surface area contributed by atoms with E-state index in [4.69, 9.17) is 28.4 Å². The van der Waals surface area contributed by atoms with Gasteiger partial charge in [0.1, 0.15) is 6.10 Å². The minimum Gasteiger partial charge on any atom is -0.504 e. The summed E-state index contributed by atoms with van der Waals surface area (Å²) >= 11 is 0. The molecule has 4 rings (SSSR count). The molecule has 8 heteroatoms. The van der Waals surface area contributed by atoms with Gasteiger partial charge < -0.3 is 38.6 Å². The van der Waals surface area contributed by atoms with Crippen LogP contribution in [0, 0.1) is 0 Å². The van der Waals surface area contributed by atoms with E-state index >= 15 is 0 Å². The van der Waals surface area contributed by atoms with Crippen LogP contribution in [-0.2, 0) is 0 Å². The molecular weight excluding hydrogens is 356 g/mol. The number of rotatable bonds is 4. The molecule has 2 aromatic carbocycles. The molecule has 0 spiro atoms. The summed E-state index contributed by atoms with van der Waals surface area (Å²) in [7, 11) is 5.85. The van der Waals surface area contributed by atoms with Crippen LogP contribution in [0.1, 0.15) is 23.1 Å². The topological polar surface area (TPSA) is 95.8 Å². The number of methoxy groups -OCH3 is 4. The second kappa shape index (κ2) is 6.22. The average Bonchev–Trinajstić information content (AvgIpc) is 3.05. The molecule has 27 heavy (non-hydrogen) atoms. The zero-order valence-electron chi connectivity index (χ0n) is 15.4. The fourth-order valence-corrected chi connectivity index (χ4v) is 3.75. The lowest BCUT2D eigenvalue weighted by atomic mass is 9.88. The van der Waals surface area contributed by atoms with Crippen molar-refractivity contribution in [1.29, 1.82) is 0 Å². The maximum atomic E-state index is 10.5. The molecular formula is C19H20O8. The van der Waals surface area contributed by atoms with E-state index in [9.17, 15) is 10.2 Å². The lowest BCUT2D eigenvalue weighted by Crippen LogP contribution is -2.23. The van der Waals surface area contributed by atoms with E-state index in [0.29, 0.717) is 22.8 Å². The van der Waals surface area contributed by atoms with Gasteiger partial charge in [0.25, 0.3) is 0 Å². The molecule has 0 saturated carbocycles. The summed E-state index contributed by atoms with van der Waals surface area (Å²) in [4.78, 5) is 0. The van der Waals surface area contributed by atoms with Crippen molar-refractivity contribution in [3.63, 3.8) is 0 Å². The van der Waals surface area contributed by atoms with E-state index in [1.54, 1.807) is 12.1 Å². The number of fused-ring (bicyclic) bond motifs is 5. The van der Waals surface area contributed by atoms with Gasteiger partial charge in [0.2, 0.25) is 23.0 Å². The van der Waals surface area contributed by atoms with Crippen LogP contribution in [0.15, 0.2) is 12.1 Å². The first-order chi connectivity index (χ1) is 13.0. The molecule has 2 aromatic rings. The van der Waals surface area contributed by atoms with Gasteiger partial charge in [-0.15, -0.1) is 0 Å². The molecule has 0 radical (unpaired) electrons. The van der Waals surface area contributed by atoms with Crippen LogP contribution in [-0.4, -0.2) is 45.3 Å². The highest BCUT2D eigenvalue weighted by molar-refractivity contribution is 5.68. The maximum absolute atomic E-state index is 10.5. The monoisotopic (exact) mass is 376 g/mol. The molecule has 0 bridgehead atoms. The van der Waals surface area contributed by atoms with Crippen molar-refractivity contribution < 1.29 is 38.6 Å². The van der Waals surface area contributed by atoms with Crippen LogP contribution in [0.4, 0.5) is 0 Å². The van der Waals surface area contributed by atoms with E-state index in [1.165, 1.54) is 28.4 Å². The van der Waals surface area contributed by atoms with E-state index < -0.39 is 6.10 Å². The third-order valence-corrected chi connectivity index (χ3v) is 4.96. The summed E-state index contributed by atoms with van der Waals surface area (Å²) in [5, 5.41) is 20.8. The first-order valence-corrected chi connectivity index (χ1v) is 8.30. The molecule has 0 aliphatic carbocycles. The molecule has 0 unspecified atom stereocenters. The van der Waals surface area contributed by atoms with E-state index in [-0.39, 0.29) is 41.3 Å². The molecule has 8 nitrogen and oxygen atoms in total. The number of benzene rings is 2. The van der Waals surface area contributed by atoms with Crippen LogP contribution in [0.3, 0.4) is 0 Å². The smallest absolute Gasteiger partial charge is 0.207 e. The highest BCUT2D eigenvalue weighted by Gasteiger charge is 2.45. The Kier molecular flexibility index (Phi) is 3.98. The molecule has 2 aliphatic heterocycles. The van der Waals surface area contributed by atoms with Crippen molar-refractivity contribution in [3.8, 4) is 46.0 Å². The van der Waals surface area contributed by atoms with Gasteiger partial charge in [-0.05, 0) is 12.1 Å². The number of phenols is 2. The standard InChI is InChI=1S/C19H20O8/c1-22-12-6-9-14-10(7-26-15(9)13(21)18(12)24-3)8-5-11(20)17(23-2)19(25-4)16(8)27-14/h5-6,10,14,20-21H,7H2,1-4H3/t10-,14-/m1/s1.